The fourth-order valence-corrected chi connectivity index (χ4v) is 2.94. The van der Waals surface area contributed by atoms with Gasteiger partial charge >= 0.3 is 5.97 Å². The van der Waals surface area contributed by atoms with Gasteiger partial charge in [-0.25, -0.2) is 4.79 Å². The molecule has 7 heteroatoms. The van der Waals surface area contributed by atoms with Gasteiger partial charge in [0.1, 0.15) is 17.6 Å². The lowest BCUT2D eigenvalue weighted by Crippen LogP contribution is -2.30. The third kappa shape index (κ3) is 3.64. The average molecular weight is 372 g/mol. The molecule has 0 bridgehead atoms. The topological polar surface area (TPSA) is 113 Å². The number of ether oxygens (including phenoxy) is 2. The number of allylic oxidation sites excluding steroid dienone is 2. The minimum absolute atomic E-state index is 0.0486. The Bertz CT molecular complexity index is 890. The number of ketones is 2. The van der Waals surface area contributed by atoms with Crippen LogP contribution in [0.2, 0.25) is 0 Å². The van der Waals surface area contributed by atoms with E-state index in [1.807, 2.05) is 13.8 Å². The summed E-state index contributed by atoms with van der Waals surface area (Å²) >= 11 is 0. The minimum atomic E-state index is -1.00. The molecule has 3 atom stereocenters. The number of Topliss-reactive ketones (excluding diaryl/α,β-unsaturated/α-hetero) is 1. The number of rotatable bonds is 5. The molecule has 2 unspecified atom stereocenters. The average Bonchev–Trinajstić information content (AvgIpc) is 3.33. The number of hydrogen-bond donors (Lipinski definition) is 2. The van der Waals surface area contributed by atoms with Crippen LogP contribution in [0, 0.1) is 0 Å². The second-order valence-corrected chi connectivity index (χ2v) is 6.85. The summed E-state index contributed by atoms with van der Waals surface area (Å²) < 4.78 is 10.5. The number of fused-ring (bicyclic) bond motifs is 1. The van der Waals surface area contributed by atoms with Crippen LogP contribution in [-0.4, -0.2) is 46.1 Å². The fraction of sp³-hybridized carbons (Fsp3) is 0.350. The first-order chi connectivity index (χ1) is 12.7. The predicted molar refractivity (Wildman–Crippen MR) is 94.8 cm³/mol. The first-order valence-corrected chi connectivity index (χ1v) is 8.55. The van der Waals surface area contributed by atoms with Gasteiger partial charge in [0.2, 0.25) is 0 Å². The highest BCUT2D eigenvalue weighted by atomic mass is 16.6. The number of hydrogen-bond acceptors (Lipinski definition) is 7. The van der Waals surface area contributed by atoms with Crippen LogP contribution in [0.4, 0.5) is 0 Å². The van der Waals surface area contributed by atoms with Crippen molar-refractivity contribution in [2.24, 2.45) is 0 Å². The highest BCUT2D eigenvalue weighted by molar-refractivity contribution is 6.27. The van der Waals surface area contributed by atoms with Crippen LogP contribution in [0.5, 0.6) is 11.5 Å². The number of epoxide rings is 1. The molecule has 1 aromatic rings. The molecule has 1 aliphatic carbocycles. The second-order valence-electron chi connectivity index (χ2n) is 6.85. The van der Waals surface area contributed by atoms with Crippen molar-refractivity contribution >= 4 is 17.5 Å². The summed E-state index contributed by atoms with van der Waals surface area (Å²) in [5.74, 6) is -2.72. The smallest absolute Gasteiger partial charge is 0.338 e. The molecule has 27 heavy (non-hydrogen) atoms. The Kier molecular flexibility index (Phi) is 4.89. The number of benzene rings is 1. The van der Waals surface area contributed by atoms with Gasteiger partial charge in [-0.3, -0.25) is 9.59 Å². The Balaban J connectivity index is 1.97. The minimum Gasteiger partial charge on any atom is -0.507 e. The van der Waals surface area contributed by atoms with Crippen LogP contribution < -0.4 is 0 Å². The van der Waals surface area contributed by atoms with Gasteiger partial charge in [0.15, 0.2) is 17.7 Å². The molecule has 142 valence electrons. The van der Waals surface area contributed by atoms with Crippen LogP contribution in [0.1, 0.15) is 47.9 Å². The van der Waals surface area contributed by atoms with Crippen LogP contribution in [0.15, 0.2) is 35.4 Å². The maximum Gasteiger partial charge on any atom is 0.338 e. The maximum absolute atomic E-state index is 12.9. The number of phenolic OH excluding ortho intramolecular Hbond substituents is 2. The van der Waals surface area contributed by atoms with Crippen molar-refractivity contribution in [3.8, 4) is 11.5 Å². The zero-order valence-electron chi connectivity index (χ0n) is 15.2. The molecule has 1 aromatic carbocycles. The van der Waals surface area contributed by atoms with E-state index in [-0.39, 0.29) is 29.2 Å². The van der Waals surface area contributed by atoms with Crippen LogP contribution in [0.3, 0.4) is 0 Å². The molecular weight excluding hydrogens is 352 g/mol. The monoisotopic (exact) mass is 372 g/mol. The predicted octanol–water partition coefficient (Wildman–Crippen LogP) is 2.46. The van der Waals surface area contributed by atoms with Gasteiger partial charge in [0.05, 0.1) is 17.2 Å². The maximum atomic E-state index is 12.9. The number of carbonyl (C=O) groups excluding carboxylic acids is 3. The van der Waals surface area contributed by atoms with E-state index in [1.54, 1.807) is 13.0 Å². The molecule has 1 heterocycles. The van der Waals surface area contributed by atoms with Gasteiger partial charge in [0, 0.05) is 12.0 Å². The van der Waals surface area contributed by atoms with Gasteiger partial charge in [-0.15, -0.1) is 0 Å². The van der Waals surface area contributed by atoms with E-state index >= 15 is 0 Å². The molecule has 7 nitrogen and oxygen atoms in total. The van der Waals surface area contributed by atoms with Gasteiger partial charge < -0.3 is 19.7 Å². The number of aromatic hydroxyl groups is 2. The molecule has 2 N–H and O–H groups in total. The summed E-state index contributed by atoms with van der Waals surface area (Å²) in [6, 6.07) is 2.28. The van der Waals surface area contributed by atoms with Gasteiger partial charge in [0.25, 0.3) is 0 Å². The molecule has 2 aliphatic rings. The van der Waals surface area contributed by atoms with E-state index in [9.17, 15) is 24.6 Å². The Labute approximate surface area is 155 Å². The van der Waals surface area contributed by atoms with E-state index < -0.39 is 41.2 Å². The molecule has 0 aromatic heterocycles. The highest BCUT2D eigenvalue weighted by Gasteiger charge is 2.44. The van der Waals surface area contributed by atoms with Crippen LogP contribution in [0.25, 0.3) is 0 Å². The van der Waals surface area contributed by atoms with Gasteiger partial charge in [-0.1, -0.05) is 11.6 Å². The van der Waals surface area contributed by atoms with Crippen LogP contribution >= 0.6 is 0 Å². The molecule has 0 radical (unpaired) electrons. The van der Waals surface area contributed by atoms with E-state index in [4.69, 9.17) is 9.47 Å². The molecule has 1 fully saturated rings. The molecule has 0 amide bonds. The lowest BCUT2D eigenvalue weighted by Gasteiger charge is -2.23. The highest BCUT2D eigenvalue weighted by Crippen LogP contribution is 2.36. The second kappa shape index (κ2) is 7.00. The van der Waals surface area contributed by atoms with E-state index in [0.29, 0.717) is 0 Å². The zero-order chi connectivity index (χ0) is 19.9. The fourth-order valence-electron chi connectivity index (χ4n) is 2.94. The molecule has 0 spiro atoms. The summed E-state index contributed by atoms with van der Waals surface area (Å²) in [5.41, 5.74) is 0.359. The number of carbonyl (C=O) groups is 3. The quantitative estimate of drug-likeness (QED) is 0.353. The van der Waals surface area contributed by atoms with Crippen molar-refractivity contribution in [2.75, 3.05) is 0 Å². The summed E-state index contributed by atoms with van der Waals surface area (Å²) in [7, 11) is 0. The first-order valence-electron chi connectivity index (χ1n) is 8.55. The SMILES string of the molecule is CC(C)=CC[C@H](OC(=O)C1OC1C)C1=CC(=O)c2c(O)ccc(O)c2C1=O. The Morgan fingerprint density at radius 3 is 2.37 bits per heavy atom. The normalized spacial score (nSPS) is 21.8. The van der Waals surface area contributed by atoms with Crippen molar-refractivity contribution < 1.29 is 34.1 Å². The van der Waals surface area contributed by atoms with Crippen molar-refractivity contribution in [3.05, 3.63) is 46.6 Å². The summed E-state index contributed by atoms with van der Waals surface area (Å²) in [5, 5.41) is 20.0. The lowest BCUT2D eigenvalue weighted by molar-refractivity contribution is -0.148. The van der Waals surface area contributed by atoms with Crippen molar-refractivity contribution in [1.29, 1.82) is 0 Å². The van der Waals surface area contributed by atoms with E-state index in [0.717, 1.165) is 23.8 Å². The van der Waals surface area contributed by atoms with E-state index in [2.05, 4.69) is 0 Å². The summed E-state index contributed by atoms with van der Waals surface area (Å²) in [4.78, 5) is 37.6. The van der Waals surface area contributed by atoms with Crippen molar-refractivity contribution in [1.82, 2.24) is 0 Å². The molecule has 1 saturated heterocycles. The zero-order valence-corrected chi connectivity index (χ0v) is 15.2. The third-order valence-corrected chi connectivity index (χ3v) is 4.47. The van der Waals surface area contributed by atoms with Crippen molar-refractivity contribution in [3.63, 3.8) is 0 Å². The lowest BCUT2D eigenvalue weighted by atomic mass is 9.85. The molecule has 0 saturated carbocycles. The Morgan fingerprint density at radius 2 is 1.81 bits per heavy atom. The van der Waals surface area contributed by atoms with Gasteiger partial charge in [-0.05, 0) is 39.0 Å². The third-order valence-electron chi connectivity index (χ3n) is 4.47. The standard InChI is InChI=1S/C20H20O7/c1-9(2)4-7-15(27-20(25)19-10(3)26-19)11-8-14(23)16-12(21)5-6-13(22)17(16)18(11)24/h4-6,8,10,15,19,21-22H,7H2,1-3H3/t10?,15-,19?/m0/s1. The number of esters is 1. The summed E-state index contributed by atoms with van der Waals surface area (Å²) in [6.07, 6.45) is 1.09. The first kappa shape index (κ1) is 18.8. The number of phenols is 2. The summed E-state index contributed by atoms with van der Waals surface area (Å²) in [6.45, 7) is 5.43. The largest absolute Gasteiger partial charge is 0.507 e. The Hall–Kier alpha value is -2.93. The molecule has 3 rings (SSSR count). The van der Waals surface area contributed by atoms with Crippen LogP contribution in [-0.2, 0) is 14.3 Å². The molecule has 1 aliphatic heterocycles. The van der Waals surface area contributed by atoms with Crippen molar-refractivity contribution in [2.45, 2.75) is 45.5 Å². The van der Waals surface area contributed by atoms with Gasteiger partial charge in [-0.2, -0.15) is 0 Å². The molecular formula is C20H20O7. The Morgan fingerprint density at radius 1 is 1.22 bits per heavy atom. The van der Waals surface area contributed by atoms with E-state index in [1.165, 1.54) is 0 Å².